The van der Waals surface area contributed by atoms with E-state index in [1.165, 1.54) is 4.90 Å². The molecule has 1 aliphatic rings. The summed E-state index contributed by atoms with van der Waals surface area (Å²) in [5.41, 5.74) is 5.48. The first kappa shape index (κ1) is 27.5. The van der Waals surface area contributed by atoms with E-state index in [4.69, 9.17) is 4.98 Å². The van der Waals surface area contributed by atoms with Crippen LogP contribution < -0.4 is 4.90 Å². The maximum absolute atomic E-state index is 12.5. The van der Waals surface area contributed by atoms with Crippen molar-refractivity contribution in [1.29, 1.82) is 0 Å². The number of rotatable bonds is 7. The van der Waals surface area contributed by atoms with E-state index in [1.54, 1.807) is 6.20 Å². The van der Waals surface area contributed by atoms with E-state index < -0.39 is 18.5 Å². The molecule has 12 heteroatoms. The van der Waals surface area contributed by atoms with Gasteiger partial charge >= 0.3 is 6.18 Å². The molecule has 1 N–H and O–H groups in total. The molecule has 210 valence electrons. The van der Waals surface area contributed by atoms with Gasteiger partial charge in [-0.3, -0.25) is 14.7 Å². The van der Waals surface area contributed by atoms with Crippen molar-refractivity contribution in [2.45, 2.75) is 32.5 Å². The number of fused-ring (bicyclic) bond motifs is 1. The maximum atomic E-state index is 12.5. The van der Waals surface area contributed by atoms with Crippen molar-refractivity contribution in [3.8, 4) is 11.3 Å². The number of amides is 1. The predicted molar refractivity (Wildman–Crippen MR) is 146 cm³/mol. The Morgan fingerprint density at radius 1 is 1.02 bits per heavy atom. The Kier molecular flexibility index (Phi) is 7.70. The average Bonchev–Trinajstić information content (AvgIpc) is 3.29. The van der Waals surface area contributed by atoms with Gasteiger partial charge in [0, 0.05) is 76.8 Å². The fourth-order valence-electron chi connectivity index (χ4n) is 4.83. The number of benzene rings is 1. The summed E-state index contributed by atoms with van der Waals surface area (Å²) in [5.74, 6) is 1.48. The smallest absolute Gasteiger partial charge is 0.363 e. The van der Waals surface area contributed by atoms with Crippen molar-refractivity contribution in [2.24, 2.45) is 0 Å². The van der Waals surface area contributed by atoms with Crippen molar-refractivity contribution in [3.05, 3.63) is 65.5 Å². The highest BCUT2D eigenvalue weighted by Gasteiger charge is 2.34. The Hall–Kier alpha value is -4.06. The van der Waals surface area contributed by atoms with Crippen LogP contribution in [0.3, 0.4) is 0 Å². The van der Waals surface area contributed by atoms with Crippen molar-refractivity contribution in [2.75, 3.05) is 45.2 Å². The van der Waals surface area contributed by atoms with Crippen molar-refractivity contribution < 1.29 is 18.0 Å². The summed E-state index contributed by atoms with van der Waals surface area (Å²) in [4.78, 5) is 39.0. The van der Waals surface area contributed by atoms with Crippen LogP contribution in [0.2, 0.25) is 0 Å². The number of hydrogen-bond acceptors (Lipinski definition) is 7. The van der Waals surface area contributed by atoms with Gasteiger partial charge in [0.05, 0.1) is 16.7 Å². The number of H-pyrrole nitrogens is 1. The number of aromatic amines is 1. The van der Waals surface area contributed by atoms with E-state index >= 15 is 0 Å². The molecular formula is C28H31F3N8O. The first-order chi connectivity index (χ1) is 19.0. The first-order valence-corrected chi connectivity index (χ1v) is 13.0. The van der Waals surface area contributed by atoms with Gasteiger partial charge in [0.25, 0.3) is 0 Å². The van der Waals surface area contributed by atoms with Crippen molar-refractivity contribution in [1.82, 2.24) is 34.7 Å². The molecule has 0 bridgehead atoms. The van der Waals surface area contributed by atoms with Gasteiger partial charge in [-0.1, -0.05) is 6.07 Å². The molecule has 0 aliphatic carbocycles. The van der Waals surface area contributed by atoms with E-state index in [-0.39, 0.29) is 0 Å². The number of aryl methyl sites for hydroxylation is 1. The highest BCUT2D eigenvalue weighted by Crippen LogP contribution is 2.25. The zero-order chi connectivity index (χ0) is 28.4. The minimum Gasteiger partial charge on any atom is -0.363 e. The summed E-state index contributed by atoms with van der Waals surface area (Å²) in [5, 5.41) is 0. The number of nitrogens with zero attached hydrogens (tertiary/aromatic N) is 7. The number of hydrogen-bond donors (Lipinski definition) is 1. The Balaban J connectivity index is 1.23. The van der Waals surface area contributed by atoms with Gasteiger partial charge in [-0.05, 0) is 36.8 Å². The Labute approximate surface area is 230 Å². The number of pyridine rings is 1. The first-order valence-electron chi connectivity index (χ1n) is 13.0. The van der Waals surface area contributed by atoms with E-state index in [0.717, 1.165) is 45.2 Å². The lowest BCUT2D eigenvalue weighted by atomic mass is 10.1. The average molecular weight is 553 g/mol. The van der Waals surface area contributed by atoms with E-state index in [1.807, 2.05) is 62.3 Å². The number of halogens is 3. The lowest BCUT2D eigenvalue weighted by molar-refractivity contribution is -0.162. The van der Waals surface area contributed by atoms with Gasteiger partial charge in [0.1, 0.15) is 23.9 Å². The quantitative estimate of drug-likeness (QED) is 0.371. The summed E-state index contributed by atoms with van der Waals surface area (Å²) < 4.78 is 37.6. The van der Waals surface area contributed by atoms with Crippen LogP contribution in [0.15, 0.2) is 42.6 Å². The zero-order valence-electron chi connectivity index (χ0n) is 22.7. The second kappa shape index (κ2) is 11.2. The normalized spacial score (nSPS) is 14.6. The fraction of sp³-hybridized carbons (Fsp3) is 0.393. The molecule has 0 unspecified atom stereocenters. The molecule has 4 aromatic rings. The molecule has 0 atom stereocenters. The lowest BCUT2D eigenvalue weighted by Crippen LogP contribution is -2.49. The van der Waals surface area contributed by atoms with Gasteiger partial charge in [-0.15, -0.1) is 0 Å². The third-order valence-corrected chi connectivity index (χ3v) is 6.82. The summed E-state index contributed by atoms with van der Waals surface area (Å²) >= 11 is 0. The number of carbonyl (C=O) groups excluding carboxylic acids is 1. The van der Waals surface area contributed by atoms with E-state index in [9.17, 15) is 18.0 Å². The highest BCUT2D eigenvalue weighted by atomic mass is 19.4. The zero-order valence-corrected chi connectivity index (χ0v) is 22.7. The molecule has 1 aromatic carbocycles. The SMILES string of the molecule is Cc1nc(-c2ccc3nc(Cc4cc(CN5CCN(C(=O)CC(F)(F)F)CC5)ccn4)[nH]c3c2)cc(N(C)C)n1. The minimum atomic E-state index is -4.48. The van der Waals surface area contributed by atoms with E-state index in [0.29, 0.717) is 45.0 Å². The molecule has 0 saturated carbocycles. The van der Waals surface area contributed by atoms with Crippen molar-refractivity contribution in [3.63, 3.8) is 0 Å². The van der Waals surface area contributed by atoms with Crippen LogP contribution in [0.4, 0.5) is 19.0 Å². The fourth-order valence-corrected chi connectivity index (χ4v) is 4.83. The highest BCUT2D eigenvalue weighted by molar-refractivity contribution is 5.81. The summed E-state index contributed by atoms with van der Waals surface area (Å²) in [6, 6.07) is 11.9. The molecule has 40 heavy (non-hydrogen) atoms. The summed E-state index contributed by atoms with van der Waals surface area (Å²) in [7, 11) is 3.90. The van der Waals surface area contributed by atoms with Gasteiger partial charge in [0.2, 0.25) is 5.91 Å². The van der Waals surface area contributed by atoms with Crippen LogP contribution >= 0.6 is 0 Å². The second-order valence-corrected chi connectivity index (χ2v) is 10.2. The third-order valence-electron chi connectivity index (χ3n) is 6.82. The molecule has 0 radical (unpaired) electrons. The van der Waals surface area contributed by atoms with Gasteiger partial charge in [-0.2, -0.15) is 13.2 Å². The third kappa shape index (κ3) is 6.74. The predicted octanol–water partition coefficient (Wildman–Crippen LogP) is 3.98. The number of imidazole rings is 1. The Bertz CT molecular complexity index is 1510. The molecule has 9 nitrogen and oxygen atoms in total. The van der Waals surface area contributed by atoms with Gasteiger partial charge < -0.3 is 14.8 Å². The standard InChI is InChI=1S/C28H31F3N8O/c1-18-33-23(15-26(34-18)37(2)3)20-4-5-22-24(13-20)36-25(35-22)14-21-12-19(6-7-32-21)17-38-8-10-39(11-9-38)27(40)16-28(29,30)31/h4-7,12-13,15H,8-11,14,16-17H2,1-3H3,(H,35,36). The van der Waals surface area contributed by atoms with Crippen LogP contribution in [0.5, 0.6) is 0 Å². The lowest BCUT2D eigenvalue weighted by Gasteiger charge is -2.35. The van der Waals surface area contributed by atoms with Crippen LogP contribution in [0, 0.1) is 6.92 Å². The number of nitrogens with one attached hydrogen (secondary N) is 1. The van der Waals surface area contributed by atoms with Crippen LogP contribution in [0.1, 0.15) is 29.3 Å². The molecule has 1 saturated heterocycles. The van der Waals surface area contributed by atoms with Crippen molar-refractivity contribution >= 4 is 22.8 Å². The van der Waals surface area contributed by atoms with E-state index in [2.05, 4.69) is 24.8 Å². The number of carbonyl (C=O) groups is 1. The molecule has 1 fully saturated rings. The van der Waals surface area contributed by atoms with Crippen LogP contribution in [-0.4, -0.2) is 87.1 Å². The van der Waals surface area contributed by atoms with Crippen LogP contribution in [0.25, 0.3) is 22.3 Å². The second-order valence-electron chi connectivity index (χ2n) is 10.2. The maximum Gasteiger partial charge on any atom is 0.397 e. The topological polar surface area (TPSA) is 94.1 Å². The largest absolute Gasteiger partial charge is 0.397 e. The summed E-state index contributed by atoms with van der Waals surface area (Å²) in [6.45, 7) is 4.14. The Morgan fingerprint density at radius 2 is 1.80 bits per heavy atom. The minimum absolute atomic E-state index is 0.291. The molecule has 4 heterocycles. The number of alkyl halides is 3. The number of aromatic nitrogens is 5. The Morgan fingerprint density at radius 3 is 2.52 bits per heavy atom. The summed E-state index contributed by atoms with van der Waals surface area (Å²) in [6.07, 6.45) is -3.60. The monoisotopic (exact) mass is 552 g/mol. The number of anilines is 1. The molecule has 1 amide bonds. The number of piperazine rings is 1. The molecular weight excluding hydrogens is 521 g/mol. The molecule has 1 aliphatic heterocycles. The molecule has 5 rings (SSSR count). The van der Waals surface area contributed by atoms with Gasteiger partial charge in [-0.25, -0.2) is 15.0 Å². The van der Waals surface area contributed by atoms with Gasteiger partial charge in [0.15, 0.2) is 0 Å². The van der Waals surface area contributed by atoms with Crippen LogP contribution in [-0.2, 0) is 17.8 Å². The molecule has 0 spiro atoms. The molecule has 3 aromatic heterocycles.